The van der Waals surface area contributed by atoms with Gasteiger partial charge in [0, 0.05) is 13.1 Å². The molecule has 16 heavy (non-hydrogen) atoms. The number of carbonyl (C=O) groups excluding carboxylic acids is 2. The van der Waals surface area contributed by atoms with Gasteiger partial charge in [0.2, 0.25) is 16.5 Å². The number of rotatable bonds is 3. The zero-order valence-electron chi connectivity index (χ0n) is 8.38. The molecule has 1 saturated heterocycles. The molecule has 1 fully saturated rings. The van der Waals surface area contributed by atoms with E-state index in [1.807, 2.05) is 0 Å². The molecule has 1 aliphatic rings. The summed E-state index contributed by atoms with van der Waals surface area (Å²) >= 11 is 1.06. The molecule has 7 nitrogen and oxygen atoms in total. The van der Waals surface area contributed by atoms with E-state index in [1.165, 1.54) is 0 Å². The lowest BCUT2D eigenvalue weighted by Gasteiger charge is -2.25. The lowest BCUT2D eigenvalue weighted by atomic mass is 10.4. The third kappa shape index (κ3) is 2.34. The molecule has 2 amide bonds. The smallest absolute Gasteiger partial charge is 0.285 e. The number of nitrogens with one attached hydrogen (secondary N) is 1. The number of amides is 2. The number of hydrogen-bond acceptors (Lipinski definition) is 6. The highest BCUT2D eigenvalue weighted by Crippen LogP contribution is 2.16. The van der Waals surface area contributed by atoms with Crippen LogP contribution in [0.15, 0.2) is 0 Å². The number of aromatic nitrogens is 2. The number of anilines is 1. The molecule has 2 heterocycles. The van der Waals surface area contributed by atoms with Gasteiger partial charge < -0.3 is 15.0 Å². The maximum atomic E-state index is 11.9. The van der Waals surface area contributed by atoms with E-state index >= 15 is 0 Å². The zero-order chi connectivity index (χ0) is 11.4. The first-order chi connectivity index (χ1) is 7.81. The normalized spacial score (nSPS) is 15.9. The van der Waals surface area contributed by atoms with E-state index < -0.39 is 0 Å². The molecule has 0 aromatic carbocycles. The zero-order valence-corrected chi connectivity index (χ0v) is 9.20. The Morgan fingerprint density at radius 1 is 1.44 bits per heavy atom. The van der Waals surface area contributed by atoms with Crippen LogP contribution in [0.3, 0.4) is 0 Å². The lowest BCUT2D eigenvalue weighted by molar-refractivity contribution is -0.105. The summed E-state index contributed by atoms with van der Waals surface area (Å²) in [6, 6.07) is 0. The van der Waals surface area contributed by atoms with Crippen LogP contribution in [-0.2, 0) is 9.53 Å². The van der Waals surface area contributed by atoms with Crippen LogP contribution in [0.25, 0.3) is 0 Å². The molecule has 0 unspecified atom stereocenters. The fraction of sp³-hybridized carbons (Fsp3) is 0.500. The Morgan fingerprint density at radius 2 is 2.19 bits per heavy atom. The minimum atomic E-state index is -0.167. The van der Waals surface area contributed by atoms with E-state index in [0.717, 1.165) is 11.3 Å². The third-order valence-corrected chi connectivity index (χ3v) is 2.93. The summed E-state index contributed by atoms with van der Waals surface area (Å²) in [4.78, 5) is 23.7. The van der Waals surface area contributed by atoms with E-state index in [9.17, 15) is 9.59 Å². The Kier molecular flexibility index (Phi) is 3.42. The average Bonchev–Trinajstić information content (AvgIpc) is 2.78. The number of carbonyl (C=O) groups is 2. The molecule has 0 saturated carbocycles. The van der Waals surface area contributed by atoms with Gasteiger partial charge in [0.25, 0.3) is 5.91 Å². The van der Waals surface area contributed by atoms with Crippen LogP contribution in [0.1, 0.15) is 9.80 Å². The molecule has 1 N–H and O–H groups in total. The molecule has 0 aliphatic carbocycles. The molecule has 1 aromatic heterocycles. The van der Waals surface area contributed by atoms with Crippen LogP contribution in [0.2, 0.25) is 0 Å². The second-order valence-corrected chi connectivity index (χ2v) is 4.06. The first-order valence-electron chi connectivity index (χ1n) is 4.72. The summed E-state index contributed by atoms with van der Waals surface area (Å²) in [6.45, 7) is 2.22. The number of hydrogen-bond donors (Lipinski definition) is 1. The van der Waals surface area contributed by atoms with Crippen molar-refractivity contribution in [2.24, 2.45) is 0 Å². The van der Waals surface area contributed by atoms with Crippen molar-refractivity contribution in [3.05, 3.63) is 5.01 Å². The molecule has 8 heteroatoms. The van der Waals surface area contributed by atoms with Crippen molar-refractivity contribution >= 4 is 28.8 Å². The van der Waals surface area contributed by atoms with Gasteiger partial charge in [-0.05, 0) is 0 Å². The molecule has 0 bridgehead atoms. The van der Waals surface area contributed by atoms with Crippen molar-refractivity contribution in [1.29, 1.82) is 0 Å². The predicted molar refractivity (Wildman–Crippen MR) is 56.3 cm³/mol. The Bertz CT molecular complexity index is 388. The van der Waals surface area contributed by atoms with Crippen LogP contribution in [0.4, 0.5) is 5.13 Å². The molecule has 1 aromatic rings. The molecule has 2 rings (SSSR count). The fourth-order valence-electron chi connectivity index (χ4n) is 1.32. The van der Waals surface area contributed by atoms with Crippen molar-refractivity contribution in [3.63, 3.8) is 0 Å². The van der Waals surface area contributed by atoms with Gasteiger partial charge in [-0.25, -0.2) is 0 Å². The van der Waals surface area contributed by atoms with E-state index in [1.54, 1.807) is 4.90 Å². The van der Waals surface area contributed by atoms with Crippen LogP contribution in [-0.4, -0.2) is 53.7 Å². The van der Waals surface area contributed by atoms with Crippen molar-refractivity contribution in [1.82, 2.24) is 15.1 Å². The van der Waals surface area contributed by atoms with E-state index in [2.05, 4.69) is 15.5 Å². The molecular formula is C8H10N4O3S. The quantitative estimate of drug-likeness (QED) is 0.728. The van der Waals surface area contributed by atoms with Gasteiger partial charge in [-0.15, -0.1) is 10.2 Å². The summed E-state index contributed by atoms with van der Waals surface area (Å²) in [5, 5.41) is 10.4. The minimum absolute atomic E-state index is 0.167. The topological polar surface area (TPSA) is 84.4 Å². The third-order valence-electron chi connectivity index (χ3n) is 2.09. The highest BCUT2D eigenvalue weighted by Gasteiger charge is 2.21. The van der Waals surface area contributed by atoms with Gasteiger partial charge in [-0.1, -0.05) is 11.3 Å². The van der Waals surface area contributed by atoms with E-state index in [-0.39, 0.29) is 10.9 Å². The minimum Gasteiger partial charge on any atom is -0.378 e. The molecule has 0 atom stereocenters. The van der Waals surface area contributed by atoms with Crippen LogP contribution in [0.5, 0.6) is 0 Å². The fourth-order valence-corrected chi connectivity index (χ4v) is 1.99. The highest BCUT2D eigenvalue weighted by atomic mass is 32.1. The maximum absolute atomic E-state index is 11.9. The average molecular weight is 242 g/mol. The summed E-state index contributed by atoms with van der Waals surface area (Å²) in [5.41, 5.74) is 0. The summed E-state index contributed by atoms with van der Waals surface area (Å²) in [6.07, 6.45) is 0.503. The van der Waals surface area contributed by atoms with Crippen molar-refractivity contribution < 1.29 is 14.3 Å². The van der Waals surface area contributed by atoms with Crippen LogP contribution >= 0.6 is 11.3 Å². The maximum Gasteiger partial charge on any atom is 0.285 e. The van der Waals surface area contributed by atoms with Gasteiger partial charge >= 0.3 is 0 Å². The van der Waals surface area contributed by atoms with Crippen molar-refractivity contribution in [3.8, 4) is 0 Å². The molecule has 86 valence electrons. The first-order valence-corrected chi connectivity index (χ1v) is 5.53. The predicted octanol–water partition coefficient (Wildman–Crippen LogP) is -0.421. The van der Waals surface area contributed by atoms with Gasteiger partial charge in [-0.2, -0.15) is 0 Å². The largest absolute Gasteiger partial charge is 0.378 e. The van der Waals surface area contributed by atoms with Gasteiger partial charge in [-0.3, -0.25) is 9.59 Å². The molecule has 1 aliphatic heterocycles. The van der Waals surface area contributed by atoms with Gasteiger partial charge in [0.15, 0.2) is 0 Å². The van der Waals surface area contributed by atoms with Gasteiger partial charge in [0.05, 0.1) is 13.2 Å². The standard InChI is InChI=1S/C8H10N4O3S/c13-5-9-8-11-10-6(16-8)7(14)12-1-3-15-4-2-12/h5H,1-4H2,(H,9,11,13). The Hall–Kier alpha value is -1.54. The monoisotopic (exact) mass is 242 g/mol. The highest BCUT2D eigenvalue weighted by molar-refractivity contribution is 7.17. The van der Waals surface area contributed by atoms with Crippen molar-refractivity contribution in [2.75, 3.05) is 31.6 Å². The first kappa shape index (κ1) is 11.0. The second-order valence-electron chi connectivity index (χ2n) is 3.08. The Labute approximate surface area is 95.4 Å². The van der Waals surface area contributed by atoms with Crippen LogP contribution < -0.4 is 5.32 Å². The summed E-state index contributed by atoms with van der Waals surface area (Å²) < 4.78 is 5.14. The van der Waals surface area contributed by atoms with E-state index in [0.29, 0.717) is 37.8 Å². The van der Waals surface area contributed by atoms with Crippen molar-refractivity contribution in [2.45, 2.75) is 0 Å². The number of morpholine rings is 1. The number of ether oxygens (including phenoxy) is 1. The van der Waals surface area contributed by atoms with E-state index in [4.69, 9.17) is 4.74 Å². The number of nitrogens with zero attached hydrogens (tertiary/aromatic N) is 3. The van der Waals surface area contributed by atoms with Gasteiger partial charge in [0.1, 0.15) is 0 Å². The lowest BCUT2D eigenvalue weighted by Crippen LogP contribution is -2.40. The Morgan fingerprint density at radius 3 is 2.88 bits per heavy atom. The molecule has 0 spiro atoms. The van der Waals surface area contributed by atoms with Crippen LogP contribution in [0, 0.1) is 0 Å². The summed E-state index contributed by atoms with van der Waals surface area (Å²) in [7, 11) is 0. The molecular weight excluding hydrogens is 232 g/mol. The SMILES string of the molecule is O=CNc1nnc(C(=O)N2CCOCC2)s1. The Balaban J connectivity index is 2.04. The molecule has 0 radical (unpaired) electrons. The summed E-state index contributed by atoms with van der Waals surface area (Å²) in [5.74, 6) is -0.167. The second kappa shape index (κ2) is 4.99.